The van der Waals surface area contributed by atoms with Crippen LogP contribution in [0.3, 0.4) is 0 Å². The van der Waals surface area contributed by atoms with E-state index in [1.165, 1.54) is 11.1 Å². The molecular formula is C24H39IN4O3. The summed E-state index contributed by atoms with van der Waals surface area (Å²) in [5, 5.41) is 6.61. The summed E-state index contributed by atoms with van der Waals surface area (Å²) < 4.78 is 11.2. The lowest BCUT2D eigenvalue weighted by Crippen LogP contribution is -2.39. The first-order valence-corrected chi connectivity index (χ1v) is 11.7. The SMILES string of the molecule is CN=C(NCCCOCC1CCOCC1)NCCCC(=O)N1CCc2ccccc2C1.I. The maximum atomic E-state index is 12.5. The Balaban J connectivity index is 0.00000363. The molecule has 0 unspecified atom stereocenters. The van der Waals surface area contributed by atoms with Crippen LogP contribution >= 0.6 is 24.0 Å². The highest BCUT2D eigenvalue weighted by Gasteiger charge is 2.19. The van der Waals surface area contributed by atoms with E-state index < -0.39 is 0 Å². The van der Waals surface area contributed by atoms with E-state index in [9.17, 15) is 4.79 Å². The Hall–Kier alpha value is -1.39. The quantitative estimate of drug-likeness (QED) is 0.200. The summed E-state index contributed by atoms with van der Waals surface area (Å²) in [6.45, 7) is 6.45. The molecule has 3 rings (SSSR count). The lowest BCUT2D eigenvalue weighted by atomic mass is 9.99. The Morgan fingerprint density at radius 2 is 1.88 bits per heavy atom. The van der Waals surface area contributed by atoms with Gasteiger partial charge in [-0.15, -0.1) is 24.0 Å². The maximum absolute atomic E-state index is 12.5. The van der Waals surface area contributed by atoms with Crippen molar-refractivity contribution in [3.8, 4) is 0 Å². The molecule has 1 fully saturated rings. The number of ether oxygens (including phenoxy) is 2. The zero-order valence-corrected chi connectivity index (χ0v) is 21.6. The zero-order valence-electron chi connectivity index (χ0n) is 19.3. The first-order valence-electron chi connectivity index (χ1n) is 11.7. The molecule has 2 aliphatic heterocycles. The summed E-state index contributed by atoms with van der Waals surface area (Å²) in [6, 6.07) is 8.41. The molecule has 1 aromatic carbocycles. The second-order valence-corrected chi connectivity index (χ2v) is 8.35. The lowest BCUT2D eigenvalue weighted by Gasteiger charge is -2.29. The Kier molecular flexibility index (Phi) is 13.0. The van der Waals surface area contributed by atoms with E-state index in [4.69, 9.17) is 9.47 Å². The van der Waals surface area contributed by atoms with Crippen molar-refractivity contribution in [2.45, 2.75) is 45.1 Å². The van der Waals surface area contributed by atoms with Crippen LogP contribution in [0.15, 0.2) is 29.3 Å². The smallest absolute Gasteiger partial charge is 0.222 e. The number of aliphatic imine (C=N–C) groups is 1. The predicted octanol–water partition coefficient (Wildman–Crippen LogP) is 2.97. The number of rotatable bonds is 10. The average molecular weight is 559 g/mol. The zero-order chi connectivity index (χ0) is 21.7. The van der Waals surface area contributed by atoms with Crippen LogP contribution in [0.1, 0.15) is 43.2 Å². The first kappa shape index (κ1) is 26.9. The van der Waals surface area contributed by atoms with Gasteiger partial charge in [0, 0.05) is 66.1 Å². The third kappa shape index (κ3) is 9.23. The van der Waals surface area contributed by atoms with Gasteiger partial charge in [-0.25, -0.2) is 0 Å². The molecule has 1 aromatic rings. The number of benzene rings is 1. The highest BCUT2D eigenvalue weighted by atomic mass is 127. The van der Waals surface area contributed by atoms with Crippen LogP contribution in [0.2, 0.25) is 0 Å². The highest BCUT2D eigenvalue weighted by molar-refractivity contribution is 14.0. The van der Waals surface area contributed by atoms with Crippen molar-refractivity contribution in [1.29, 1.82) is 0 Å². The monoisotopic (exact) mass is 558 g/mol. The number of carbonyl (C=O) groups is 1. The van der Waals surface area contributed by atoms with Crippen LogP contribution in [0, 0.1) is 5.92 Å². The summed E-state index contributed by atoms with van der Waals surface area (Å²) in [5.74, 6) is 1.67. The molecule has 0 atom stereocenters. The molecule has 0 aromatic heterocycles. The second-order valence-electron chi connectivity index (χ2n) is 8.35. The van der Waals surface area contributed by atoms with E-state index in [-0.39, 0.29) is 29.9 Å². The molecule has 2 N–H and O–H groups in total. The molecule has 8 heteroatoms. The normalized spacial score (nSPS) is 16.8. The van der Waals surface area contributed by atoms with Crippen LogP contribution in [0.25, 0.3) is 0 Å². The van der Waals surface area contributed by atoms with Gasteiger partial charge in [-0.05, 0) is 49.1 Å². The Bertz CT molecular complexity index is 710. The van der Waals surface area contributed by atoms with E-state index in [0.29, 0.717) is 12.3 Å². The number of guanidine groups is 1. The molecule has 180 valence electrons. The van der Waals surface area contributed by atoms with Crippen molar-refractivity contribution in [2.24, 2.45) is 10.9 Å². The van der Waals surface area contributed by atoms with Crippen LogP contribution in [0.5, 0.6) is 0 Å². The van der Waals surface area contributed by atoms with Gasteiger partial charge in [0.15, 0.2) is 5.96 Å². The van der Waals surface area contributed by atoms with E-state index >= 15 is 0 Å². The summed E-state index contributed by atoms with van der Waals surface area (Å²) in [5.41, 5.74) is 2.65. The summed E-state index contributed by atoms with van der Waals surface area (Å²) >= 11 is 0. The third-order valence-corrected chi connectivity index (χ3v) is 6.02. The van der Waals surface area contributed by atoms with Gasteiger partial charge in [0.1, 0.15) is 0 Å². The van der Waals surface area contributed by atoms with Crippen molar-refractivity contribution in [3.63, 3.8) is 0 Å². The van der Waals surface area contributed by atoms with Gasteiger partial charge in [-0.1, -0.05) is 24.3 Å². The minimum Gasteiger partial charge on any atom is -0.381 e. The summed E-state index contributed by atoms with van der Waals surface area (Å²) in [6.07, 6.45) is 5.48. The minimum atomic E-state index is 0. The molecule has 1 amide bonds. The Morgan fingerprint density at radius 3 is 2.62 bits per heavy atom. The number of halogens is 1. The number of nitrogens with zero attached hydrogens (tertiary/aromatic N) is 2. The van der Waals surface area contributed by atoms with Crippen molar-refractivity contribution in [3.05, 3.63) is 35.4 Å². The van der Waals surface area contributed by atoms with Crippen LogP contribution in [-0.2, 0) is 27.2 Å². The molecule has 32 heavy (non-hydrogen) atoms. The van der Waals surface area contributed by atoms with E-state index in [0.717, 1.165) is 90.7 Å². The Morgan fingerprint density at radius 1 is 1.16 bits per heavy atom. The molecular weight excluding hydrogens is 519 g/mol. The molecule has 2 heterocycles. The van der Waals surface area contributed by atoms with Crippen LogP contribution < -0.4 is 10.6 Å². The first-order chi connectivity index (χ1) is 15.3. The number of carbonyl (C=O) groups excluding carboxylic acids is 1. The topological polar surface area (TPSA) is 75.2 Å². The standard InChI is InChI=1S/C24H38N4O3.HI/c1-25-24(27-13-5-15-31-19-20-10-16-30-17-11-20)26-12-4-8-23(29)28-14-9-21-6-2-3-7-22(21)18-28;/h2-3,6-7,20H,4-5,8-19H2,1H3,(H2,25,26,27);1H. The van der Waals surface area contributed by atoms with E-state index in [2.05, 4.69) is 33.8 Å². The molecule has 0 saturated carbocycles. The lowest BCUT2D eigenvalue weighted by molar-refractivity contribution is -0.132. The molecule has 0 aliphatic carbocycles. The third-order valence-electron chi connectivity index (χ3n) is 6.02. The molecule has 0 radical (unpaired) electrons. The fraction of sp³-hybridized carbons (Fsp3) is 0.667. The Labute approximate surface area is 209 Å². The minimum absolute atomic E-state index is 0. The fourth-order valence-electron chi connectivity index (χ4n) is 4.08. The van der Waals surface area contributed by atoms with Crippen molar-refractivity contribution in [2.75, 3.05) is 53.1 Å². The van der Waals surface area contributed by atoms with Gasteiger partial charge < -0.3 is 25.0 Å². The van der Waals surface area contributed by atoms with Crippen molar-refractivity contribution < 1.29 is 14.3 Å². The maximum Gasteiger partial charge on any atom is 0.222 e. The van der Waals surface area contributed by atoms with Crippen molar-refractivity contribution in [1.82, 2.24) is 15.5 Å². The molecule has 0 spiro atoms. The van der Waals surface area contributed by atoms with Crippen molar-refractivity contribution >= 4 is 35.8 Å². The van der Waals surface area contributed by atoms with E-state index in [1.54, 1.807) is 7.05 Å². The highest BCUT2D eigenvalue weighted by Crippen LogP contribution is 2.19. The molecule has 0 bridgehead atoms. The molecule has 7 nitrogen and oxygen atoms in total. The summed E-state index contributed by atoms with van der Waals surface area (Å²) in [4.78, 5) is 18.8. The average Bonchev–Trinajstić information content (AvgIpc) is 2.82. The number of fused-ring (bicyclic) bond motifs is 1. The largest absolute Gasteiger partial charge is 0.381 e. The van der Waals surface area contributed by atoms with Gasteiger partial charge in [0.05, 0.1) is 0 Å². The molecule has 2 aliphatic rings. The van der Waals surface area contributed by atoms with Gasteiger partial charge in [-0.3, -0.25) is 9.79 Å². The van der Waals surface area contributed by atoms with Crippen LogP contribution in [-0.4, -0.2) is 69.9 Å². The van der Waals surface area contributed by atoms with Gasteiger partial charge in [0.25, 0.3) is 0 Å². The number of hydrogen-bond donors (Lipinski definition) is 2. The second kappa shape index (κ2) is 15.4. The van der Waals surface area contributed by atoms with Gasteiger partial charge in [-0.2, -0.15) is 0 Å². The van der Waals surface area contributed by atoms with Gasteiger partial charge in [0.2, 0.25) is 5.91 Å². The van der Waals surface area contributed by atoms with E-state index in [1.807, 2.05) is 11.0 Å². The fourth-order valence-corrected chi connectivity index (χ4v) is 4.08. The number of amides is 1. The number of hydrogen-bond acceptors (Lipinski definition) is 4. The number of nitrogens with one attached hydrogen (secondary N) is 2. The van der Waals surface area contributed by atoms with Crippen LogP contribution in [0.4, 0.5) is 0 Å². The van der Waals surface area contributed by atoms with Gasteiger partial charge >= 0.3 is 0 Å². The predicted molar refractivity (Wildman–Crippen MR) is 139 cm³/mol. The molecule has 1 saturated heterocycles. The summed E-state index contributed by atoms with van der Waals surface area (Å²) in [7, 11) is 1.77.